The average molecular weight is 289 g/mol. The maximum absolute atomic E-state index is 13.1. The van der Waals surface area contributed by atoms with E-state index in [0.717, 1.165) is 12.2 Å². The van der Waals surface area contributed by atoms with Gasteiger partial charge in [0.1, 0.15) is 11.5 Å². The molecule has 0 bridgehead atoms. The van der Waals surface area contributed by atoms with Crippen molar-refractivity contribution in [2.24, 2.45) is 0 Å². The summed E-state index contributed by atoms with van der Waals surface area (Å²) in [5.74, 6) is -0.484. The predicted molar refractivity (Wildman–Crippen MR) is 68.7 cm³/mol. The number of hydrogen-bond donors (Lipinski definition) is 1. The van der Waals surface area contributed by atoms with Crippen LogP contribution >= 0.6 is 23.2 Å². The van der Waals surface area contributed by atoms with Crippen molar-refractivity contribution < 1.29 is 4.39 Å². The lowest BCUT2D eigenvalue weighted by molar-refractivity contribution is 0.625. The van der Waals surface area contributed by atoms with Gasteiger partial charge in [0.25, 0.3) is 0 Å². The SMILES string of the molecule is CCNCc1cnnn1-c1c(Cl)cc(F)cc1Cl. The second-order valence-electron chi connectivity index (χ2n) is 3.64. The number of nitrogens with zero attached hydrogens (tertiary/aromatic N) is 3. The van der Waals surface area contributed by atoms with Gasteiger partial charge < -0.3 is 5.32 Å². The molecule has 0 radical (unpaired) electrons. The van der Waals surface area contributed by atoms with Crippen molar-refractivity contribution in [3.05, 3.63) is 39.9 Å². The van der Waals surface area contributed by atoms with Gasteiger partial charge in [-0.2, -0.15) is 0 Å². The Morgan fingerprint density at radius 2 is 2.00 bits per heavy atom. The van der Waals surface area contributed by atoms with E-state index in [1.807, 2.05) is 6.92 Å². The van der Waals surface area contributed by atoms with Crippen molar-refractivity contribution in [3.8, 4) is 5.69 Å². The minimum atomic E-state index is -0.484. The molecule has 0 amide bonds. The molecule has 1 N–H and O–H groups in total. The van der Waals surface area contributed by atoms with Gasteiger partial charge in [0.15, 0.2) is 0 Å². The quantitative estimate of drug-likeness (QED) is 0.941. The molecule has 0 aliphatic carbocycles. The third kappa shape index (κ3) is 2.63. The summed E-state index contributed by atoms with van der Waals surface area (Å²) < 4.78 is 14.6. The summed E-state index contributed by atoms with van der Waals surface area (Å²) in [7, 11) is 0. The molecule has 2 aromatic rings. The first-order chi connectivity index (χ1) is 8.63. The molecule has 18 heavy (non-hydrogen) atoms. The van der Waals surface area contributed by atoms with Gasteiger partial charge >= 0.3 is 0 Å². The fourth-order valence-corrected chi connectivity index (χ4v) is 2.18. The van der Waals surface area contributed by atoms with Crippen LogP contribution in [0.1, 0.15) is 12.6 Å². The summed E-state index contributed by atoms with van der Waals surface area (Å²) in [6.45, 7) is 3.38. The predicted octanol–water partition coefficient (Wildman–Crippen LogP) is 2.82. The molecule has 0 aliphatic rings. The number of rotatable bonds is 4. The van der Waals surface area contributed by atoms with Crippen LogP contribution in [-0.4, -0.2) is 21.5 Å². The summed E-state index contributed by atoms with van der Waals surface area (Å²) in [6, 6.07) is 2.39. The molecule has 0 aliphatic heterocycles. The lowest BCUT2D eigenvalue weighted by Crippen LogP contribution is -2.15. The summed E-state index contributed by atoms with van der Waals surface area (Å²) in [6.07, 6.45) is 1.61. The molecule has 0 saturated carbocycles. The van der Waals surface area contributed by atoms with E-state index in [9.17, 15) is 4.39 Å². The van der Waals surface area contributed by atoms with Gasteiger partial charge in [-0.25, -0.2) is 9.07 Å². The molecule has 0 unspecified atom stereocenters. The fourth-order valence-electron chi connectivity index (χ4n) is 1.56. The fraction of sp³-hybridized carbons (Fsp3) is 0.273. The Morgan fingerprint density at radius 1 is 1.33 bits per heavy atom. The number of halogens is 3. The molecule has 2 rings (SSSR count). The van der Waals surface area contributed by atoms with Crippen LogP contribution in [0.5, 0.6) is 0 Å². The lowest BCUT2D eigenvalue weighted by Gasteiger charge is -2.10. The Hall–Kier alpha value is -1.17. The summed E-state index contributed by atoms with van der Waals surface area (Å²) in [5, 5.41) is 11.3. The van der Waals surface area contributed by atoms with Gasteiger partial charge in [-0.3, -0.25) is 0 Å². The molecule has 0 fully saturated rings. The summed E-state index contributed by atoms with van der Waals surface area (Å²) in [4.78, 5) is 0. The van der Waals surface area contributed by atoms with Gasteiger partial charge in [0, 0.05) is 6.54 Å². The summed E-state index contributed by atoms with van der Waals surface area (Å²) >= 11 is 12.0. The van der Waals surface area contributed by atoms with Gasteiger partial charge in [-0.1, -0.05) is 35.3 Å². The highest BCUT2D eigenvalue weighted by molar-refractivity contribution is 6.37. The molecule has 7 heteroatoms. The first-order valence-corrected chi connectivity index (χ1v) is 6.14. The zero-order valence-corrected chi connectivity index (χ0v) is 11.1. The molecule has 96 valence electrons. The molecular formula is C11H11Cl2FN4. The van der Waals surface area contributed by atoms with E-state index in [1.165, 1.54) is 16.8 Å². The Balaban J connectivity index is 2.46. The molecule has 4 nitrogen and oxygen atoms in total. The molecule has 0 atom stereocenters. The van der Waals surface area contributed by atoms with Crippen molar-refractivity contribution in [1.82, 2.24) is 20.3 Å². The Labute approximate surface area is 114 Å². The molecule has 0 spiro atoms. The zero-order chi connectivity index (χ0) is 13.1. The highest BCUT2D eigenvalue weighted by atomic mass is 35.5. The normalized spacial score (nSPS) is 10.9. The van der Waals surface area contributed by atoms with Crippen LogP contribution < -0.4 is 5.32 Å². The van der Waals surface area contributed by atoms with Crippen molar-refractivity contribution in [2.75, 3.05) is 6.54 Å². The maximum atomic E-state index is 13.1. The smallest absolute Gasteiger partial charge is 0.126 e. The van der Waals surface area contributed by atoms with Crippen molar-refractivity contribution >= 4 is 23.2 Å². The maximum Gasteiger partial charge on any atom is 0.126 e. The van der Waals surface area contributed by atoms with Crippen LogP contribution in [0.2, 0.25) is 10.0 Å². The molecular weight excluding hydrogens is 278 g/mol. The second-order valence-corrected chi connectivity index (χ2v) is 4.45. The summed E-state index contributed by atoms with van der Waals surface area (Å²) in [5.41, 5.74) is 1.23. The topological polar surface area (TPSA) is 42.7 Å². The van der Waals surface area contributed by atoms with E-state index >= 15 is 0 Å². The second kappa shape index (κ2) is 5.65. The van der Waals surface area contributed by atoms with Crippen LogP contribution in [0.4, 0.5) is 4.39 Å². The van der Waals surface area contributed by atoms with E-state index in [4.69, 9.17) is 23.2 Å². The zero-order valence-electron chi connectivity index (χ0n) is 9.62. The number of aromatic nitrogens is 3. The van der Waals surface area contributed by atoms with E-state index in [0.29, 0.717) is 12.2 Å². The lowest BCUT2D eigenvalue weighted by atomic mass is 10.3. The average Bonchev–Trinajstić information content (AvgIpc) is 2.73. The monoisotopic (exact) mass is 288 g/mol. The van der Waals surface area contributed by atoms with Crippen molar-refractivity contribution in [2.45, 2.75) is 13.5 Å². The van der Waals surface area contributed by atoms with Gasteiger partial charge in [0.05, 0.1) is 21.9 Å². The van der Waals surface area contributed by atoms with Gasteiger partial charge in [-0.15, -0.1) is 5.10 Å². The Kier molecular flexibility index (Phi) is 4.16. The van der Waals surface area contributed by atoms with E-state index in [2.05, 4.69) is 15.6 Å². The third-order valence-electron chi connectivity index (χ3n) is 2.37. The molecule has 1 heterocycles. The highest BCUT2D eigenvalue weighted by Gasteiger charge is 2.14. The van der Waals surface area contributed by atoms with E-state index in [1.54, 1.807) is 6.20 Å². The number of benzene rings is 1. The van der Waals surface area contributed by atoms with Gasteiger partial charge in [0.2, 0.25) is 0 Å². The molecule has 0 saturated heterocycles. The van der Waals surface area contributed by atoms with Crippen LogP contribution in [0.15, 0.2) is 18.3 Å². The number of nitrogens with one attached hydrogen (secondary N) is 1. The Morgan fingerprint density at radius 3 is 2.61 bits per heavy atom. The van der Waals surface area contributed by atoms with Crippen LogP contribution in [0.3, 0.4) is 0 Å². The largest absolute Gasteiger partial charge is 0.311 e. The van der Waals surface area contributed by atoms with Gasteiger partial charge in [-0.05, 0) is 18.7 Å². The molecule has 1 aromatic carbocycles. The number of hydrogen-bond acceptors (Lipinski definition) is 3. The van der Waals surface area contributed by atoms with Crippen molar-refractivity contribution in [1.29, 1.82) is 0 Å². The first-order valence-electron chi connectivity index (χ1n) is 5.38. The first kappa shape index (κ1) is 13.3. The van der Waals surface area contributed by atoms with Crippen LogP contribution in [-0.2, 0) is 6.54 Å². The third-order valence-corrected chi connectivity index (χ3v) is 2.95. The van der Waals surface area contributed by atoms with Crippen molar-refractivity contribution in [3.63, 3.8) is 0 Å². The standard InChI is InChI=1S/C11H11Cl2FN4/c1-2-15-5-8-6-16-17-18(8)11-9(12)3-7(14)4-10(11)13/h3-4,6,15H,2,5H2,1H3. The van der Waals surface area contributed by atoms with E-state index in [-0.39, 0.29) is 10.0 Å². The van der Waals surface area contributed by atoms with Crippen LogP contribution in [0.25, 0.3) is 5.69 Å². The van der Waals surface area contributed by atoms with Crippen LogP contribution in [0, 0.1) is 5.82 Å². The highest BCUT2D eigenvalue weighted by Crippen LogP contribution is 2.29. The minimum Gasteiger partial charge on any atom is -0.311 e. The molecule has 1 aromatic heterocycles. The van der Waals surface area contributed by atoms with E-state index < -0.39 is 5.82 Å². The minimum absolute atomic E-state index is 0.197. The Bertz CT molecular complexity index is 533.